The number of hydrogen-bond donors (Lipinski definition) is 4. The molecule has 0 fully saturated rings. The van der Waals surface area contributed by atoms with E-state index < -0.39 is 0 Å². The van der Waals surface area contributed by atoms with Crippen molar-refractivity contribution in [2.45, 2.75) is 19.3 Å². The molecule has 0 aliphatic carbocycles. The molecule has 0 spiro atoms. The van der Waals surface area contributed by atoms with Crippen molar-refractivity contribution in [1.29, 1.82) is 10.8 Å². The molecule has 0 amide bonds. The van der Waals surface area contributed by atoms with Gasteiger partial charge in [-0.15, -0.1) is 24.8 Å². The SMILES string of the molecule is Cl.Cl.N=C(N)SCCCCCSC(=N)N. The van der Waals surface area contributed by atoms with Crippen LogP contribution >= 0.6 is 48.3 Å². The van der Waals surface area contributed by atoms with Crippen molar-refractivity contribution in [2.75, 3.05) is 11.5 Å². The molecule has 0 aliphatic rings. The minimum Gasteiger partial charge on any atom is -0.379 e. The number of amidine groups is 2. The molecule has 15 heavy (non-hydrogen) atoms. The average Bonchev–Trinajstić information content (AvgIpc) is 2.01. The molecular weight excluding hydrogens is 275 g/mol. The number of unbranched alkanes of at least 4 members (excludes halogenated alkanes) is 2. The lowest BCUT2D eigenvalue weighted by atomic mass is 10.3. The minimum atomic E-state index is 0. The van der Waals surface area contributed by atoms with Crippen LogP contribution in [-0.2, 0) is 0 Å². The van der Waals surface area contributed by atoms with Crippen molar-refractivity contribution in [3.8, 4) is 0 Å². The van der Waals surface area contributed by atoms with Gasteiger partial charge in [-0.1, -0.05) is 29.9 Å². The summed E-state index contributed by atoms with van der Waals surface area (Å²) in [6.45, 7) is 0. The summed E-state index contributed by atoms with van der Waals surface area (Å²) >= 11 is 2.77. The quantitative estimate of drug-likeness (QED) is 0.343. The van der Waals surface area contributed by atoms with Crippen LogP contribution in [0.25, 0.3) is 0 Å². The van der Waals surface area contributed by atoms with Crippen LogP contribution in [0.2, 0.25) is 0 Å². The highest BCUT2D eigenvalue weighted by molar-refractivity contribution is 8.13. The molecule has 0 aromatic heterocycles. The predicted octanol–water partition coefficient (Wildman–Crippen LogP) is 2.25. The van der Waals surface area contributed by atoms with Crippen molar-refractivity contribution >= 4 is 58.7 Å². The summed E-state index contributed by atoms with van der Waals surface area (Å²) in [6.07, 6.45) is 3.26. The molecule has 0 heterocycles. The lowest BCUT2D eigenvalue weighted by Crippen LogP contribution is -2.05. The largest absolute Gasteiger partial charge is 0.379 e. The first kappa shape index (κ1) is 20.6. The first-order valence-electron chi connectivity index (χ1n) is 4.06. The van der Waals surface area contributed by atoms with Crippen LogP contribution in [0.3, 0.4) is 0 Å². The maximum absolute atomic E-state index is 6.96. The van der Waals surface area contributed by atoms with Crippen molar-refractivity contribution in [3.63, 3.8) is 0 Å². The topological polar surface area (TPSA) is 99.7 Å². The Bertz CT molecular complexity index is 162. The molecule has 6 N–H and O–H groups in total. The second-order valence-corrected chi connectivity index (χ2v) is 4.76. The Balaban J connectivity index is -0.000000720. The zero-order chi connectivity index (χ0) is 10.1. The van der Waals surface area contributed by atoms with Crippen LogP contribution in [0, 0.1) is 10.8 Å². The lowest BCUT2D eigenvalue weighted by Gasteiger charge is -1.99. The van der Waals surface area contributed by atoms with Gasteiger partial charge >= 0.3 is 0 Å². The number of nitrogens with one attached hydrogen (secondary N) is 2. The Morgan fingerprint density at radius 2 is 1.13 bits per heavy atom. The van der Waals surface area contributed by atoms with E-state index in [4.69, 9.17) is 22.3 Å². The van der Waals surface area contributed by atoms with Gasteiger partial charge in [-0.3, -0.25) is 10.8 Å². The number of thioether (sulfide) groups is 2. The summed E-state index contributed by atoms with van der Waals surface area (Å²) in [5, 5.41) is 14.3. The number of hydrogen-bond acceptors (Lipinski definition) is 4. The van der Waals surface area contributed by atoms with Crippen LogP contribution in [0.5, 0.6) is 0 Å². The Kier molecular flexibility index (Phi) is 19.5. The minimum absolute atomic E-state index is 0. The van der Waals surface area contributed by atoms with Gasteiger partial charge in [0, 0.05) is 11.5 Å². The van der Waals surface area contributed by atoms with Gasteiger partial charge < -0.3 is 11.5 Å². The molecule has 0 aliphatic heterocycles. The molecule has 0 saturated heterocycles. The smallest absolute Gasteiger partial charge is 0.151 e. The molecule has 0 radical (unpaired) electrons. The highest BCUT2D eigenvalue weighted by Crippen LogP contribution is 2.08. The highest BCUT2D eigenvalue weighted by atomic mass is 35.5. The zero-order valence-corrected chi connectivity index (χ0v) is 11.6. The summed E-state index contributed by atoms with van der Waals surface area (Å²) in [4.78, 5) is 0. The van der Waals surface area contributed by atoms with Gasteiger partial charge in [-0.25, -0.2) is 0 Å². The van der Waals surface area contributed by atoms with Crippen molar-refractivity contribution < 1.29 is 0 Å². The van der Waals surface area contributed by atoms with Crippen molar-refractivity contribution in [1.82, 2.24) is 0 Å². The predicted molar refractivity (Wildman–Crippen MR) is 77.1 cm³/mol. The standard InChI is InChI=1S/C7H16N4S2.2ClH/c8-6(9)12-4-2-1-3-5-13-7(10)11;;/h1-5H2,(H3,8,9)(H3,10,11);2*1H. The van der Waals surface area contributed by atoms with E-state index in [1.54, 1.807) is 0 Å². The Morgan fingerprint density at radius 1 is 0.800 bits per heavy atom. The number of nitrogens with two attached hydrogens (primary N) is 2. The fraction of sp³-hybridized carbons (Fsp3) is 0.714. The third-order valence-electron chi connectivity index (χ3n) is 1.30. The summed E-state index contributed by atoms with van der Waals surface area (Å²) in [6, 6.07) is 0. The van der Waals surface area contributed by atoms with Crippen molar-refractivity contribution in [2.24, 2.45) is 11.5 Å². The van der Waals surface area contributed by atoms with Crippen LogP contribution in [0.1, 0.15) is 19.3 Å². The van der Waals surface area contributed by atoms with E-state index in [0.717, 1.165) is 30.8 Å². The zero-order valence-electron chi connectivity index (χ0n) is 8.32. The van der Waals surface area contributed by atoms with E-state index in [0.29, 0.717) is 0 Å². The van der Waals surface area contributed by atoms with E-state index in [1.807, 2.05) is 0 Å². The Hall–Kier alpha value is 0.220. The normalized spacial score (nSPS) is 8.53. The third kappa shape index (κ3) is 20.3. The van der Waals surface area contributed by atoms with Crippen LogP contribution in [0.4, 0.5) is 0 Å². The van der Waals surface area contributed by atoms with Crippen molar-refractivity contribution in [3.05, 3.63) is 0 Å². The summed E-state index contributed by atoms with van der Waals surface area (Å²) in [5.74, 6) is 1.83. The summed E-state index contributed by atoms with van der Waals surface area (Å²) in [7, 11) is 0. The van der Waals surface area contributed by atoms with Gasteiger partial charge in [-0.05, 0) is 12.8 Å². The number of halogens is 2. The molecule has 0 unspecified atom stereocenters. The van der Waals surface area contributed by atoms with Gasteiger partial charge in [0.25, 0.3) is 0 Å². The molecule has 8 heteroatoms. The maximum Gasteiger partial charge on any atom is 0.151 e. The second-order valence-electron chi connectivity index (χ2n) is 2.49. The average molecular weight is 293 g/mol. The molecule has 0 aromatic carbocycles. The molecule has 0 rings (SSSR count). The summed E-state index contributed by atoms with van der Waals surface area (Å²) in [5.41, 5.74) is 10.3. The molecule has 0 saturated carbocycles. The van der Waals surface area contributed by atoms with Gasteiger partial charge in [0.05, 0.1) is 0 Å². The van der Waals surface area contributed by atoms with Gasteiger partial charge in [0.2, 0.25) is 0 Å². The molecule has 0 bridgehead atoms. The van der Waals surface area contributed by atoms with E-state index in [-0.39, 0.29) is 35.1 Å². The van der Waals surface area contributed by atoms with E-state index in [9.17, 15) is 0 Å². The Morgan fingerprint density at radius 3 is 1.40 bits per heavy atom. The maximum atomic E-state index is 6.96. The van der Waals surface area contributed by atoms with Crippen LogP contribution in [-0.4, -0.2) is 21.8 Å². The highest BCUT2D eigenvalue weighted by Gasteiger charge is 1.94. The summed E-state index contributed by atoms with van der Waals surface area (Å²) < 4.78 is 0. The van der Waals surface area contributed by atoms with Gasteiger partial charge in [0.15, 0.2) is 10.3 Å². The van der Waals surface area contributed by atoms with E-state index in [2.05, 4.69) is 0 Å². The first-order valence-corrected chi connectivity index (χ1v) is 6.03. The molecule has 0 atom stereocenters. The van der Waals surface area contributed by atoms with Crippen LogP contribution < -0.4 is 11.5 Å². The fourth-order valence-electron chi connectivity index (χ4n) is 0.745. The van der Waals surface area contributed by atoms with Crippen LogP contribution in [0.15, 0.2) is 0 Å². The van der Waals surface area contributed by atoms with Gasteiger partial charge in [-0.2, -0.15) is 0 Å². The van der Waals surface area contributed by atoms with Gasteiger partial charge in [0.1, 0.15) is 0 Å². The molecule has 4 nitrogen and oxygen atoms in total. The fourth-order valence-corrected chi connectivity index (χ4v) is 1.88. The number of rotatable bonds is 6. The van der Waals surface area contributed by atoms with E-state index >= 15 is 0 Å². The molecular formula is C7H18Cl2N4S2. The lowest BCUT2D eigenvalue weighted by molar-refractivity contribution is 0.787. The Labute approximate surface area is 112 Å². The van der Waals surface area contributed by atoms with E-state index in [1.165, 1.54) is 23.5 Å². The monoisotopic (exact) mass is 292 g/mol. The third-order valence-corrected chi connectivity index (χ3v) is 2.91. The molecule has 92 valence electrons. The first-order chi connectivity index (χ1) is 6.13. The molecule has 0 aromatic rings. The second kappa shape index (κ2) is 14.2.